The fourth-order valence-corrected chi connectivity index (χ4v) is 4.62. The van der Waals surface area contributed by atoms with Crippen LogP contribution in [0.3, 0.4) is 0 Å². The van der Waals surface area contributed by atoms with E-state index in [2.05, 4.69) is 4.99 Å². The van der Waals surface area contributed by atoms with Crippen LogP contribution in [0, 0.1) is 0 Å². The minimum atomic E-state index is -4.03. The van der Waals surface area contributed by atoms with Crippen molar-refractivity contribution in [3.05, 3.63) is 114 Å². The molecule has 2 heterocycles. The van der Waals surface area contributed by atoms with Gasteiger partial charge in [0.05, 0.1) is 23.8 Å². The number of amides is 1. The lowest BCUT2D eigenvalue weighted by Crippen LogP contribution is -2.36. The van der Waals surface area contributed by atoms with Crippen molar-refractivity contribution in [3.63, 3.8) is 0 Å². The number of hydrogen-bond donors (Lipinski definition) is 1. The number of carbonyl (C=O) groups excluding carboxylic acids is 1. The summed E-state index contributed by atoms with van der Waals surface area (Å²) in [6.45, 7) is 0.126. The second-order valence-electron chi connectivity index (χ2n) is 8.80. The maximum absolute atomic E-state index is 13.4. The van der Waals surface area contributed by atoms with Gasteiger partial charge in [0.1, 0.15) is 11.4 Å². The van der Waals surface area contributed by atoms with Crippen LogP contribution in [0.1, 0.15) is 23.1 Å². The van der Waals surface area contributed by atoms with Gasteiger partial charge in [0.15, 0.2) is 5.84 Å². The summed E-state index contributed by atoms with van der Waals surface area (Å²) in [6, 6.07) is 26.7. The van der Waals surface area contributed by atoms with Crippen LogP contribution in [0.2, 0.25) is 0 Å². The number of benzene rings is 3. The number of amidine groups is 1. The van der Waals surface area contributed by atoms with Crippen molar-refractivity contribution in [2.45, 2.75) is 12.8 Å². The Balaban J connectivity index is 1.42. The van der Waals surface area contributed by atoms with Crippen molar-refractivity contribution in [1.29, 1.82) is 0 Å². The minimum absolute atomic E-state index is 0.126. The molecule has 0 bridgehead atoms. The molecule has 192 valence electrons. The van der Waals surface area contributed by atoms with Crippen molar-refractivity contribution in [2.75, 3.05) is 12.4 Å². The van der Waals surface area contributed by atoms with Crippen LogP contribution in [0.4, 0.5) is 0 Å². The first kappa shape index (κ1) is 25.3. The van der Waals surface area contributed by atoms with Crippen LogP contribution in [0.25, 0.3) is 11.8 Å². The Morgan fingerprint density at radius 3 is 2.39 bits per heavy atom. The molecule has 0 unspecified atom stereocenters. The van der Waals surface area contributed by atoms with Crippen LogP contribution >= 0.6 is 0 Å². The summed E-state index contributed by atoms with van der Waals surface area (Å²) >= 11 is 0. The summed E-state index contributed by atoms with van der Waals surface area (Å²) in [4.78, 5) is 24.5. The number of nitrogens with zero attached hydrogens (tertiary/aromatic N) is 3. The number of rotatable bonds is 9. The lowest BCUT2D eigenvalue weighted by Gasteiger charge is -2.21. The third kappa shape index (κ3) is 6.13. The lowest BCUT2D eigenvalue weighted by molar-refractivity contribution is -0.120. The molecule has 0 saturated carbocycles. The molecule has 8 nitrogen and oxygen atoms in total. The Kier molecular flexibility index (Phi) is 7.30. The fraction of sp³-hybridized carbons (Fsp3) is 0.138. The molecule has 0 spiro atoms. The monoisotopic (exact) mass is 527 g/mol. The first-order chi connectivity index (χ1) is 18.4. The standard InChI is InChI=1S/C29H25N3O5S/c33-29-26(19-22-11-7-14-24(17-22)37-15-8-16-38(34,35)36)31-28-25(18-21-9-3-1-4-10-21)30-27(20-32(28)29)23-12-5-2-6-13-23/h1-7,9-14,17,19-20H,8,15-16,18H2,(H,34,35,36)/b26-19-. The smallest absolute Gasteiger partial charge is 0.282 e. The number of aliphatic imine (C=N–C) groups is 2. The summed E-state index contributed by atoms with van der Waals surface area (Å²) in [5, 5.41) is 0. The van der Waals surface area contributed by atoms with Gasteiger partial charge >= 0.3 is 0 Å². The van der Waals surface area contributed by atoms with Gasteiger partial charge in [-0.05, 0) is 35.8 Å². The average Bonchev–Trinajstić information content (AvgIpc) is 3.23. The first-order valence-corrected chi connectivity index (χ1v) is 13.7. The van der Waals surface area contributed by atoms with E-state index in [0.717, 1.165) is 11.1 Å². The predicted molar refractivity (Wildman–Crippen MR) is 147 cm³/mol. The van der Waals surface area contributed by atoms with E-state index < -0.39 is 10.1 Å². The molecule has 5 rings (SSSR count). The van der Waals surface area contributed by atoms with Gasteiger partial charge in [-0.15, -0.1) is 0 Å². The Hall–Kier alpha value is -4.34. The Bertz CT molecular complexity index is 1580. The average molecular weight is 528 g/mol. The maximum Gasteiger partial charge on any atom is 0.282 e. The van der Waals surface area contributed by atoms with Gasteiger partial charge in [0, 0.05) is 18.2 Å². The van der Waals surface area contributed by atoms with E-state index >= 15 is 0 Å². The van der Waals surface area contributed by atoms with Crippen molar-refractivity contribution in [2.24, 2.45) is 9.98 Å². The largest absolute Gasteiger partial charge is 0.494 e. The molecule has 2 aliphatic heterocycles. The van der Waals surface area contributed by atoms with Crippen LogP contribution in [-0.2, 0) is 21.3 Å². The summed E-state index contributed by atoms with van der Waals surface area (Å²) < 4.78 is 36.2. The number of ether oxygens (including phenoxy) is 1. The minimum Gasteiger partial charge on any atom is -0.494 e. The van der Waals surface area contributed by atoms with Crippen LogP contribution < -0.4 is 4.74 Å². The molecule has 3 aromatic carbocycles. The van der Waals surface area contributed by atoms with E-state index in [9.17, 15) is 13.2 Å². The normalized spacial score (nSPS) is 16.1. The van der Waals surface area contributed by atoms with Gasteiger partial charge in [0.2, 0.25) is 0 Å². The molecule has 2 aliphatic rings. The highest BCUT2D eigenvalue weighted by Crippen LogP contribution is 2.29. The molecule has 9 heteroatoms. The second-order valence-corrected chi connectivity index (χ2v) is 10.4. The van der Waals surface area contributed by atoms with Gasteiger partial charge in [-0.25, -0.2) is 9.98 Å². The summed E-state index contributed by atoms with van der Waals surface area (Å²) in [7, 11) is -4.03. The molecule has 0 atom stereocenters. The van der Waals surface area contributed by atoms with Crippen LogP contribution in [-0.4, -0.2) is 47.7 Å². The van der Waals surface area contributed by atoms with Crippen molar-refractivity contribution in [1.82, 2.24) is 4.90 Å². The predicted octanol–water partition coefficient (Wildman–Crippen LogP) is 4.62. The highest BCUT2D eigenvalue weighted by molar-refractivity contribution is 7.85. The van der Waals surface area contributed by atoms with Crippen molar-refractivity contribution >= 4 is 39.3 Å². The molecule has 0 saturated heterocycles. The van der Waals surface area contributed by atoms with E-state index in [0.29, 0.717) is 35.0 Å². The van der Waals surface area contributed by atoms with Gasteiger partial charge in [-0.2, -0.15) is 8.42 Å². The van der Waals surface area contributed by atoms with E-state index in [4.69, 9.17) is 14.3 Å². The maximum atomic E-state index is 13.4. The van der Waals surface area contributed by atoms with E-state index in [1.54, 1.807) is 35.4 Å². The lowest BCUT2D eigenvalue weighted by atomic mass is 10.1. The van der Waals surface area contributed by atoms with Gasteiger partial charge in [-0.1, -0.05) is 72.8 Å². The van der Waals surface area contributed by atoms with Crippen molar-refractivity contribution in [3.8, 4) is 5.75 Å². The number of fused-ring (bicyclic) bond motifs is 1. The van der Waals surface area contributed by atoms with E-state index in [1.807, 2.05) is 66.7 Å². The van der Waals surface area contributed by atoms with E-state index in [1.165, 1.54) is 0 Å². The zero-order valence-corrected chi connectivity index (χ0v) is 21.2. The Morgan fingerprint density at radius 2 is 1.66 bits per heavy atom. The fourth-order valence-electron chi connectivity index (χ4n) is 4.14. The SMILES string of the molecule is O=C1/C(=C/c2cccc(OCCCS(=O)(=O)O)c2)N=C2C(Cc3ccccc3)=NC(c3ccccc3)=CN12. The second kappa shape index (κ2) is 11.0. The number of carbonyl (C=O) groups is 1. The summed E-state index contributed by atoms with van der Waals surface area (Å²) in [6.07, 6.45) is 4.09. The third-order valence-electron chi connectivity index (χ3n) is 5.92. The molecule has 0 fully saturated rings. The van der Waals surface area contributed by atoms with Crippen molar-refractivity contribution < 1.29 is 22.5 Å². The zero-order valence-electron chi connectivity index (χ0n) is 20.4. The highest BCUT2D eigenvalue weighted by atomic mass is 32.2. The first-order valence-electron chi connectivity index (χ1n) is 12.1. The zero-order chi connectivity index (χ0) is 26.5. The molecule has 3 aromatic rings. The molecule has 1 N–H and O–H groups in total. The molecule has 0 radical (unpaired) electrons. The summed E-state index contributed by atoms with van der Waals surface area (Å²) in [5.74, 6) is 0.392. The van der Waals surface area contributed by atoms with Gasteiger partial charge in [0.25, 0.3) is 16.0 Å². The quantitative estimate of drug-likeness (QED) is 0.248. The molecular weight excluding hydrogens is 502 g/mol. The van der Waals surface area contributed by atoms with Gasteiger partial charge in [-0.3, -0.25) is 14.2 Å². The molecule has 1 amide bonds. The van der Waals surface area contributed by atoms with Gasteiger partial charge < -0.3 is 4.74 Å². The molecule has 0 aliphatic carbocycles. The topological polar surface area (TPSA) is 109 Å². The van der Waals surface area contributed by atoms with E-state index in [-0.39, 0.29) is 30.4 Å². The highest BCUT2D eigenvalue weighted by Gasteiger charge is 2.35. The molecule has 38 heavy (non-hydrogen) atoms. The van der Waals surface area contributed by atoms with Crippen LogP contribution in [0.15, 0.2) is 107 Å². The Morgan fingerprint density at radius 1 is 0.921 bits per heavy atom. The molecule has 0 aromatic heterocycles. The third-order valence-corrected chi connectivity index (χ3v) is 6.72. The molecular formula is C29H25N3O5S. The summed E-state index contributed by atoms with van der Waals surface area (Å²) in [5.41, 5.74) is 4.33. The number of hydrogen-bond acceptors (Lipinski definition) is 6. The Labute approximate surface area is 221 Å². The van der Waals surface area contributed by atoms with Crippen LogP contribution in [0.5, 0.6) is 5.75 Å².